The Hall–Kier alpha value is -2.33. The van der Waals surface area contributed by atoms with E-state index in [-0.39, 0.29) is 18.2 Å². The lowest BCUT2D eigenvalue weighted by Gasteiger charge is -2.25. The highest BCUT2D eigenvalue weighted by atomic mass is 16.5. The van der Waals surface area contributed by atoms with E-state index in [2.05, 4.69) is 36.4 Å². The quantitative estimate of drug-likeness (QED) is 0.948. The molecule has 1 fully saturated rings. The first kappa shape index (κ1) is 15.6. The van der Waals surface area contributed by atoms with Crippen molar-refractivity contribution in [3.05, 3.63) is 60.2 Å². The fraction of sp³-hybridized carbons (Fsp3) is 0.316. The number of carbonyl (C=O) groups excluding carboxylic acids is 1. The van der Waals surface area contributed by atoms with Crippen molar-refractivity contribution >= 4 is 6.09 Å². The monoisotopic (exact) mass is 310 g/mol. The Balaban J connectivity index is 1.81. The minimum Gasteiger partial charge on any atom is -0.453 e. The molecule has 4 nitrogen and oxygen atoms in total. The number of nitrogens with zero attached hydrogens (tertiary/aromatic N) is 1. The third-order valence-corrected chi connectivity index (χ3v) is 4.49. The van der Waals surface area contributed by atoms with E-state index in [1.807, 2.05) is 18.2 Å². The lowest BCUT2D eigenvalue weighted by atomic mass is 9.97. The molecule has 0 aliphatic carbocycles. The number of benzene rings is 2. The van der Waals surface area contributed by atoms with E-state index < -0.39 is 0 Å². The molecule has 1 amide bonds. The van der Waals surface area contributed by atoms with Crippen molar-refractivity contribution in [2.75, 3.05) is 13.7 Å². The Morgan fingerprint density at radius 2 is 1.91 bits per heavy atom. The Bertz CT molecular complexity index is 672. The molecule has 3 rings (SSSR count). The Kier molecular flexibility index (Phi) is 4.63. The highest BCUT2D eigenvalue weighted by molar-refractivity contribution is 5.68. The molecular weight excluding hydrogens is 288 g/mol. The molecule has 1 heterocycles. The van der Waals surface area contributed by atoms with Crippen LogP contribution in [-0.2, 0) is 11.2 Å². The molecule has 23 heavy (non-hydrogen) atoms. The zero-order chi connectivity index (χ0) is 16.2. The zero-order valence-corrected chi connectivity index (χ0v) is 13.3. The number of nitrogens with two attached hydrogens (primary N) is 1. The van der Waals surface area contributed by atoms with Crippen molar-refractivity contribution in [2.45, 2.75) is 24.9 Å². The molecule has 0 saturated carbocycles. The van der Waals surface area contributed by atoms with E-state index in [1.54, 1.807) is 4.90 Å². The first-order chi connectivity index (χ1) is 11.2. The molecule has 1 aliphatic rings. The number of hydrogen-bond acceptors (Lipinski definition) is 3. The van der Waals surface area contributed by atoms with Crippen molar-refractivity contribution in [2.24, 2.45) is 5.73 Å². The smallest absolute Gasteiger partial charge is 0.409 e. The molecule has 4 heteroatoms. The van der Waals surface area contributed by atoms with Crippen LogP contribution in [0.25, 0.3) is 11.1 Å². The molecule has 0 spiro atoms. The van der Waals surface area contributed by atoms with Gasteiger partial charge in [0.05, 0.1) is 13.2 Å². The first-order valence-electron chi connectivity index (χ1n) is 7.93. The minimum atomic E-state index is -0.290. The van der Waals surface area contributed by atoms with Crippen molar-refractivity contribution < 1.29 is 9.53 Å². The number of hydrogen-bond donors (Lipinski definition) is 1. The van der Waals surface area contributed by atoms with Crippen LogP contribution in [0.1, 0.15) is 12.0 Å². The molecule has 120 valence electrons. The van der Waals surface area contributed by atoms with Crippen LogP contribution in [0.4, 0.5) is 4.79 Å². The van der Waals surface area contributed by atoms with Crippen LogP contribution in [0.15, 0.2) is 54.6 Å². The third kappa shape index (κ3) is 3.37. The lowest BCUT2D eigenvalue weighted by Crippen LogP contribution is -2.44. The second-order valence-corrected chi connectivity index (χ2v) is 5.95. The number of carbonyl (C=O) groups is 1. The van der Waals surface area contributed by atoms with Crippen LogP contribution in [0.2, 0.25) is 0 Å². The summed E-state index contributed by atoms with van der Waals surface area (Å²) in [4.78, 5) is 13.6. The summed E-state index contributed by atoms with van der Waals surface area (Å²) in [6.45, 7) is 0.664. The van der Waals surface area contributed by atoms with Gasteiger partial charge in [-0.1, -0.05) is 54.6 Å². The van der Waals surface area contributed by atoms with Gasteiger partial charge in [0.15, 0.2) is 0 Å². The van der Waals surface area contributed by atoms with E-state index in [0.29, 0.717) is 6.54 Å². The average molecular weight is 310 g/mol. The molecular formula is C19H22N2O2. The minimum absolute atomic E-state index is 0.00511. The van der Waals surface area contributed by atoms with Crippen LogP contribution in [0.5, 0.6) is 0 Å². The highest BCUT2D eigenvalue weighted by Gasteiger charge is 2.35. The zero-order valence-electron chi connectivity index (χ0n) is 13.3. The lowest BCUT2D eigenvalue weighted by molar-refractivity contribution is 0.117. The van der Waals surface area contributed by atoms with Gasteiger partial charge in [0.25, 0.3) is 0 Å². The van der Waals surface area contributed by atoms with Crippen LogP contribution in [0, 0.1) is 0 Å². The van der Waals surface area contributed by atoms with Crippen LogP contribution in [-0.4, -0.2) is 36.7 Å². The molecule has 2 unspecified atom stereocenters. The van der Waals surface area contributed by atoms with Gasteiger partial charge in [-0.05, 0) is 29.5 Å². The van der Waals surface area contributed by atoms with E-state index in [4.69, 9.17) is 10.5 Å². The second kappa shape index (κ2) is 6.84. The molecule has 1 aliphatic heterocycles. The molecule has 2 aromatic carbocycles. The molecule has 2 N–H and O–H groups in total. The highest BCUT2D eigenvalue weighted by Crippen LogP contribution is 2.24. The van der Waals surface area contributed by atoms with Gasteiger partial charge in [-0.15, -0.1) is 0 Å². The van der Waals surface area contributed by atoms with Gasteiger partial charge in [-0.2, -0.15) is 0 Å². The van der Waals surface area contributed by atoms with E-state index >= 15 is 0 Å². The van der Waals surface area contributed by atoms with Gasteiger partial charge in [0.1, 0.15) is 0 Å². The summed E-state index contributed by atoms with van der Waals surface area (Å²) in [6, 6.07) is 18.7. The van der Waals surface area contributed by atoms with Gasteiger partial charge in [-0.3, -0.25) is 0 Å². The van der Waals surface area contributed by atoms with Gasteiger partial charge in [0.2, 0.25) is 0 Å². The maximum absolute atomic E-state index is 11.9. The topological polar surface area (TPSA) is 55.6 Å². The number of amides is 1. The molecule has 2 atom stereocenters. The molecule has 1 saturated heterocycles. The summed E-state index contributed by atoms with van der Waals surface area (Å²) in [5, 5.41) is 0. The predicted molar refractivity (Wildman–Crippen MR) is 91.1 cm³/mol. The summed E-state index contributed by atoms with van der Waals surface area (Å²) in [5.74, 6) is 0. The van der Waals surface area contributed by atoms with E-state index in [0.717, 1.165) is 12.8 Å². The van der Waals surface area contributed by atoms with Gasteiger partial charge >= 0.3 is 6.09 Å². The third-order valence-electron chi connectivity index (χ3n) is 4.49. The first-order valence-corrected chi connectivity index (χ1v) is 7.93. The maximum Gasteiger partial charge on any atom is 0.409 e. The average Bonchev–Trinajstić information content (AvgIpc) is 2.96. The van der Waals surface area contributed by atoms with Gasteiger partial charge in [0, 0.05) is 12.6 Å². The van der Waals surface area contributed by atoms with Crippen LogP contribution < -0.4 is 5.73 Å². The summed E-state index contributed by atoms with van der Waals surface area (Å²) >= 11 is 0. The predicted octanol–water partition coefficient (Wildman–Crippen LogP) is 3.06. The Morgan fingerprint density at radius 3 is 2.65 bits per heavy atom. The number of ether oxygens (including phenoxy) is 1. The summed E-state index contributed by atoms with van der Waals surface area (Å²) in [7, 11) is 1.42. The molecule has 0 radical (unpaired) electrons. The SMILES string of the molecule is COC(=O)N1CCC(N)C1Cc1cccc(-c2ccccc2)c1. The summed E-state index contributed by atoms with van der Waals surface area (Å²) in [6.07, 6.45) is 1.27. The molecule has 2 aromatic rings. The van der Waals surface area contributed by atoms with Crippen molar-refractivity contribution in [3.63, 3.8) is 0 Å². The van der Waals surface area contributed by atoms with Crippen molar-refractivity contribution in [1.29, 1.82) is 0 Å². The second-order valence-electron chi connectivity index (χ2n) is 5.95. The van der Waals surface area contributed by atoms with Crippen molar-refractivity contribution in [1.82, 2.24) is 4.90 Å². The van der Waals surface area contributed by atoms with Crippen LogP contribution >= 0.6 is 0 Å². The number of methoxy groups -OCH3 is 1. The maximum atomic E-state index is 11.9. The normalized spacial score (nSPS) is 20.5. The van der Waals surface area contributed by atoms with Crippen LogP contribution in [0.3, 0.4) is 0 Å². The van der Waals surface area contributed by atoms with E-state index in [9.17, 15) is 4.79 Å². The van der Waals surface area contributed by atoms with Gasteiger partial charge in [-0.25, -0.2) is 4.79 Å². The summed E-state index contributed by atoms with van der Waals surface area (Å²) < 4.78 is 4.87. The molecule has 0 bridgehead atoms. The molecule has 0 aromatic heterocycles. The summed E-state index contributed by atoms with van der Waals surface area (Å²) in [5.41, 5.74) is 9.76. The van der Waals surface area contributed by atoms with Crippen molar-refractivity contribution in [3.8, 4) is 11.1 Å². The number of rotatable bonds is 3. The number of likely N-dealkylation sites (tertiary alicyclic amines) is 1. The largest absolute Gasteiger partial charge is 0.453 e. The van der Waals surface area contributed by atoms with E-state index in [1.165, 1.54) is 23.8 Å². The van der Waals surface area contributed by atoms with Gasteiger partial charge < -0.3 is 15.4 Å². The fourth-order valence-electron chi connectivity index (χ4n) is 3.23. The Morgan fingerprint density at radius 1 is 1.17 bits per heavy atom. The Labute approximate surface area is 136 Å². The fourth-order valence-corrected chi connectivity index (χ4v) is 3.23. The standard InChI is InChI=1S/C19H22N2O2/c1-23-19(22)21-11-10-17(20)18(21)13-14-6-5-9-16(12-14)15-7-3-2-4-8-15/h2-9,12,17-18H,10-11,13,20H2,1H3.